The summed E-state index contributed by atoms with van der Waals surface area (Å²) in [5.74, 6) is 0.472. The first kappa shape index (κ1) is 15.1. The third-order valence-electron chi connectivity index (χ3n) is 3.25. The maximum atomic E-state index is 12.0. The molecule has 0 aliphatic heterocycles. The number of nitrogens with two attached hydrogens (primary N) is 1. The van der Waals surface area contributed by atoms with Crippen LogP contribution in [0.15, 0.2) is 42.5 Å². The molecule has 4 heteroatoms. The summed E-state index contributed by atoms with van der Waals surface area (Å²) in [6.07, 6.45) is 0. The molecule has 0 atom stereocenters. The Kier molecular flexibility index (Phi) is 4.95. The fourth-order valence-electron chi connectivity index (χ4n) is 2.10. The molecule has 3 N–H and O–H groups in total. The molecule has 0 aromatic heterocycles. The van der Waals surface area contributed by atoms with Crippen molar-refractivity contribution in [3.8, 4) is 5.75 Å². The number of nitrogens with one attached hydrogen (secondary N) is 1. The molecule has 21 heavy (non-hydrogen) atoms. The minimum absolute atomic E-state index is 0.0260. The van der Waals surface area contributed by atoms with Crippen LogP contribution in [0.4, 0.5) is 5.69 Å². The van der Waals surface area contributed by atoms with E-state index in [1.54, 1.807) is 0 Å². The molecule has 1 amide bonds. The number of aryl methyl sites for hydroxylation is 2. The van der Waals surface area contributed by atoms with Crippen molar-refractivity contribution in [2.75, 3.05) is 11.9 Å². The van der Waals surface area contributed by atoms with Crippen LogP contribution in [0.3, 0.4) is 0 Å². The second-order valence-electron chi connectivity index (χ2n) is 4.96. The van der Waals surface area contributed by atoms with E-state index in [0.29, 0.717) is 12.3 Å². The van der Waals surface area contributed by atoms with Gasteiger partial charge in [0, 0.05) is 12.2 Å². The van der Waals surface area contributed by atoms with E-state index in [-0.39, 0.29) is 12.5 Å². The molecular formula is C17H20N2O2. The zero-order valence-corrected chi connectivity index (χ0v) is 12.3. The van der Waals surface area contributed by atoms with E-state index in [0.717, 1.165) is 22.4 Å². The highest BCUT2D eigenvalue weighted by Gasteiger charge is 2.08. The average Bonchev–Trinajstić information content (AvgIpc) is 2.49. The van der Waals surface area contributed by atoms with Gasteiger partial charge in [-0.3, -0.25) is 4.79 Å². The lowest BCUT2D eigenvalue weighted by atomic mass is 10.1. The molecule has 2 rings (SSSR count). The highest BCUT2D eigenvalue weighted by atomic mass is 16.5. The topological polar surface area (TPSA) is 64.3 Å². The number of amides is 1. The van der Waals surface area contributed by atoms with Gasteiger partial charge in [0.05, 0.1) is 0 Å². The smallest absolute Gasteiger partial charge is 0.262 e. The van der Waals surface area contributed by atoms with Gasteiger partial charge < -0.3 is 15.8 Å². The lowest BCUT2D eigenvalue weighted by Gasteiger charge is -2.12. The third-order valence-corrected chi connectivity index (χ3v) is 3.25. The molecule has 0 aliphatic carbocycles. The zero-order chi connectivity index (χ0) is 15.2. The number of hydrogen-bond acceptors (Lipinski definition) is 3. The molecule has 0 saturated carbocycles. The van der Waals surface area contributed by atoms with E-state index in [1.807, 2.05) is 56.3 Å². The van der Waals surface area contributed by atoms with Gasteiger partial charge in [-0.1, -0.05) is 30.3 Å². The molecule has 4 nitrogen and oxygen atoms in total. The predicted molar refractivity (Wildman–Crippen MR) is 84.4 cm³/mol. The van der Waals surface area contributed by atoms with Gasteiger partial charge in [-0.2, -0.15) is 0 Å². The fraction of sp³-hybridized carbons (Fsp3) is 0.235. The molecule has 0 unspecified atom stereocenters. The van der Waals surface area contributed by atoms with Crippen LogP contribution >= 0.6 is 0 Å². The Labute approximate surface area is 124 Å². The molecule has 0 bridgehead atoms. The monoisotopic (exact) mass is 284 g/mol. The van der Waals surface area contributed by atoms with Crippen LogP contribution in [0.2, 0.25) is 0 Å². The average molecular weight is 284 g/mol. The molecular weight excluding hydrogens is 264 g/mol. The number of carbonyl (C=O) groups excluding carboxylic acids is 1. The summed E-state index contributed by atoms with van der Waals surface area (Å²) in [6, 6.07) is 13.3. The largest absolute Gasteiger partial charge is 0.484 e. The molecule has 2 aromatic rings. The van der Waals surface area contributed by atoms with Crippen LogP contribution in [0.25, 0.3) is 0 Å². The van der Waals surface area contributed by atoms with Gasteiger partial charge in [0.2, 0.25) is 0 Å². The highest BCUT2D eigenvalue weighted by Crippen LogP contribution is 2.19. The summed E-state index contributed by atoms with van der Waals surface area (Å²) < 4.78 is 5.49. The minimum Gasteiger partial charge on any atom is -0.484 e. The predicted octanol–water partition coefficient (Wildman–Crippen LogP) is 2.78. The number of carbonyl (C=O) groups is 1. The van der Waals surface area contributed by atoms with Gasteiger partial charge in [-0.05, 0) is 42.7 Å². The zero-order valence-electron chi connectivity index (χ0n) is 12.3. The van der Waals surface area contributed by atoms with Gasteiger partial charge in [0.25, 0.3) is 5.91 Å². The van der Waals surface area contributed by atoms with E-state index < -0.39 is 0 Å². The van der Waals surface area contributed by atoms with Crippen LogP contribution in [-0.4, -0.2) is 12.5 Å². The number of ether oxygens (including phenoxy) is 1. The van der Waals surface area contributed by atoms with Gasteiger partial charge in [-0.15, -0.1) is 0 Å². The van der Waals surface area contributed by atoms with Crippen molar-refractivity contribution in [1.29, 1.82) is 0 Å². The first-order chi connectivity index (χ1) is 10.1. The van der Waals surface area contributed by atoms with Gasteiger partial charge in [0.15, 0.2) is 6.61 Å². The lowest BCUT2D eigenvalue weighted by molar-refractivity contribution is -0.118. The Morgan fingerprint density at radius 3 is 2.48 bits per heavy atom. The summed E-state index contributed by atoms with van der Waals surface area (Å²) in [6.45, 7) is 4.36. The second-order valence-corrected chi connectivity index (χ2v) is 4.96. The molecule has 2 aromatic carbocycles. The summed E-state index contributed by atoms with van der Waals surface area (Å²) in [5.41, 5.74) is 9.47. The summed E-state index contributed by atoms with van der Waals surface area (Å²) in [7, 11) is 0. The summed E-state index contributed by atoms with van der Waals surface area (Å²) in [4.78, 5) is 12.0. The lowest BCUT2D eigenvalue weighted by Crippen LogP contribution is -2.21. The molecule has 0 aliphatic rings. The van der Waals surface area contributed by atoms with Crippen molar-refractivity contribution in [1.82, 2.24) is 0 Å². The number of anilines is 1. The number of hydrogen-bond donors (Lipinski definition) is 2. The van der Waals surface area contributed by atoms with E-state index in [4.69, 9.17) is 10.5 Å². The summed E-state index contributed by atoms with van der Waals surface area (Å²) >= 11 is 0. The van der Waals surface area contributed by atoms with Gasteiger partial charge >= 0.3 is 0 Å². The van der Waals surface area contributed by atoms with Crippen molar-refractivity contribution in [2.24, 2.45) is 5.73 Å². The Balaban J connectivity index is 1.96. The van der Waals surface area contributed by atoms with E-state index in [9.17, 15) is 4.79 Å². The van der Waals surface area contributed by atoms with Crippen LogP contribution in [0.5, 0.6) is 5.75 Å². The minimum atomic E-state index is -0.175. The van der Waals surface area contributed by atoms with Crippen LogP contribution in [-0.2, 0) is 11.3 Å². The maximum absolute atomic E-state index is 12.0. The standard InChI is InChI=1S/C17H20N2O2/c1-12-5-3-6-13(2)17(12)19-16(20)11-21-15-8-4-7-14(9-15)10-18/h3-9H,10-11,18H2,1-2H3,(H,19,20). The molecule has 0 heterocycles. The Morgan fingerprint density at radius 2 is 1.81 bits per heavy atom. The fourth-order valence-corrected chi connectivity index (χ4v) is 2.10. The SMILES string of the molecule is Cc1cccc(C)c1NC(=O)COc1cccc(CN)c1. The molecule has 0 saturated heterocycles. The van der Waals surface area contributed by atoms with Crippen LogP contribution in [0, 0.1) is 13.8 Å². The Hall–Kier alpha value is -2.33. The van der Waals surface area contributed by atoms with Crippen molar-refractivity contribution in [3.05, 3.63) is 59.2 Å². The van der Waals surface area contributed by atoms with E-state index >= 15 is 0 Å². The van der Waals surface area contributed by atoms with Crippen LogP contribution < -0.4 is 15.8 Å². The Morgan fingerprint density at radius 1 is 1.14 bits per heavy atom. The van der Waals surface area contributed by atoms with Crippen molar-refractivity contribution >= 4 is 11.6 Å². The van der Waals surface area contributed by atoms with Crippen molar-refractivity contribution in [3.63, 3.8) is 0 Å². The van der Waals surface area contributed by atoms with Gasteiger partial charge in [0.1, 0.15) is 5.75 Å². The van der Waals surface area contributed by atoms with E-state index in [1.165, 1.54) is 0 Å². The maximum Gasteiger partial charge on any atom is 0.262 e. The second kappa shape index (κ2) is 6.90. The van der Waals surface area contributed by atoms with Gasteiger partial charge in [-0.25, -0.2) is 0 Å². The first-order valence-corrected chi connectivity index (χ1v) is 6.88. The highest BCUT2D eigenvalue weighted by molar-refractivity contribution is 5.93. The summed E-state index contributed by atoms with van der Waals surface area (Å²) in [5, 5.41) is 2.89. The van der Waals surface area contributed by atoms with Crippen LogP contribution in [0.1, 0.15) is 16.7 Å². The number of rotatable bonds is 5. The van der Waals surface area contributed by atoms with E-state index in [2.05, 4.69) is 5.32 Å². The van der Waals surface area contributed by atoms with Crippen molar-refractivity contribution in [2.45, 2.75) is 20.4 Å². The molecule has 0 spiro atoms. The molecule has 110 valence electrons. The van der Waals surface area contributed by atoms with Crippen molar-refractivity contribution < 1.29 is 9.53 Å². The number of benzene rings is 2. The molecule has 0 radical (unpaired) electrons. The third kappa shape index (κ3) is 4.07. The Bertz CT molecular complexity index is 618. The quantitative estimate of drug-likeness (QED) is 0.887. The first-order valence-electron chi connectivity index (χ1n) is 6.88. The molecule has 0 fully saturated rings. The normalized spacial score (nSPS) is 10.2. The number of para-hydroxylation sites is 1.